The first-order valence-electron chi connectivity index (χ1n) is 10.5. The van der Waals surface area contributed by atoms with Gasteiger partial charge in [0.2, 0.25) is 11.8 Å². The van der Waals surface area contributed by atoms with E-state index in [0.29, 0.717) is 11.4 Å². The van der Waals surface area contributed by atoms with Gasteiger partial charge < -0.3 is 5.32 Å². The number of amides is 3. The van der Waals surface area contributed by atoms with E-state index in [-0.39, 0.29) is 29.5 Å². The van der Waals surface area contributed by atoms with E-state index >= 15 is 0 Å². The smallest absolute Gasteiger partial charge is 0.270 e. The van der Waals surface area contributed by atoms with Crippen molar-refractivity contribution in [1.29, 1.82) is 0 Å². The Balaban J connectivity index is 1.43. The second-order valence-corrected chi connectivity index (χ2v) is 9.18. The van der Waals surface area contributed by atoms with Crippen LogP contribution >= 0.6 is 11.8 Å². The maximum atomic E-state index is 13.0. The van der Waals surface area contributed by atoms with E-state index in [0.717, 1.165) is 16.0 Å². The summed E-state index contributed by atoms with van der Waals surface area (Å²) >= 11 is 1.30. The summed E-state index contributed by atoms with van der Waals surface area (Å²) in [6.45, 7) is 3.76. The van der Waals surface area contributed by atoms with Crippen molar-refractivity contribution in [2.75, 3.05) is 10.2 Å². The van der Waals surface area contributed by atoms with Crippen LogP contribution in [0, 0.1) is 24.0 Å². The number of para-hydroxylation sites is 1. The Morgan fingerprint density at radius 2 is 1.68 bits per heavy atom. The molecule has 4 rings (SSSR count). The molecule has 1 atom stereocenters. The molecular formula is C25H21N3O5S. The van der Waals surface area contributed by atoms with Gasteiger partial charge in [-0.2, -0.15) is 0 Å². The molecule has 3 amide bonds. The highest BCUT2D eigenvalue weighted by atomic mass is 32.2. The largest absolute Gasteiger partial charge is 0.322 e. The van der Waals surface area contributed by atoms with Crippen LogP contribution in [0.15, 0.2) is 71.6 Å². The van der Waals surface area contributed by atoms with Crippen molar-refractivity contribution in [1.82, 2.24) is 0 Å². The Labute approximate surface area is 200 Å². The van der Waals surface area contributed by atoms with Gasteiger partial charge in [-0.1, -0.05) is 24.3 Å². The third kappa shape index (κ3) is 4.69. The monoisotopic (exact) mass is 475 g/mol. The standard InChI is InChI=1S/C25H21N3O5S/c1-15-5-3-6-16(2)23(15)27-22(29)14-21(25(27)31)34-20-11-9-18(10-12-20)26-24(30)17-7-4-8-19(13-17)28(32)33/h3-13,21H,14H2,1-2H3,(H,26,30). The zero-order chi connectivity index (χ0) is 24.4. The van der Waals surface area contributed by atoms with Gasteiger partial charge in [-0.05, 0) is 55.3 Å². The Hall–Kier alpha value is -3.98. The molecule has 0 aromatic heterocycles. The summed E-state index contributed by atoms with van der Waals surface area (Å²) in [4.78, 5) is 50.6. The molecule has 1 heterocycles. The summed E-state index contributed by atoms with van der Waals surface area (Å²) in [7, 11) is 0. The van der Waals surface area contributed by atoms with Crippen LogP contribution in [0.2, 0.25) is 0 Å². The first kappa shape index (κ1) is 23.2. The van der Waals surface area contributed by atoms with Crippen LogP contribution in [0.1, 0.15) is 27.9 Å². The molecule has 1 aliphatic rings. The number of hydrogen-bond donors (Lipinski definition) is 1. The zero-order valence-electron chi connectivity index (χ0n) is 18.5. The topological polar surface area (TPSA) is 110 Å². The number of nitrogens with one attached hydrogen (secondary N) is 1. The van der Waals surface area contributed by atoms with Crippen molar-refractivity contribution < 1.29 is 19.3 Å². The minimum Gasteiger partial charge on any atom is -0.322 e. The normalized spacial score (nSPS) is 15.5. The fourth-order valence-electron chi connectivity index (χ4n) is 3.83. The minimum atomic E-state index is -0.556. The van der Waals surface area contributed by atoms with Crippen molar-refractivity contribution in [3.8, 4) is 0 Å². The fraction of sp³-hybridized carbons (Fsp3) is 0.160. The maximum absolute atomic E-state index is 13.0. The lowest BCUT2D eigenvalue weighted by molar-refractivity contribution is -0.384. The second kappa shape index (κ2) is 9.48. The molecule has 1 fully saturated rings. The van der Waals surface area contributed by atoms with E-state index in [2.05, 4.69) is 5.32 Å². The SMILES string of the molecule is Cc1cccc(C)c1N1C(=O)CC(Sc2ccc(NC(=O)c3cccc([N+](=O)[O-])c3)cc2)C1=O. The summed E-state index contributed by atoms with van der Waals surface area (Å²) in [5, 5.41) is 13.1. The number of rotatable bonds is 6. The van der Waals surface area contributed by atoms with E-state index in [1.54, 1.807) is 24.3 Å². The third-order valence-electron chi connectivity index (χ3n) is 5.48. The van der Waals surface area contributed by atoms with E-state index in [1.807, 2.05) is 32.0 Å². The molecule has 0 bridgehead atoms. The maximum Gasteiger partial charge on any atom is 0.270 e. The highest BCUT2D eigenvalue weighted by Crippen LogP contribution is 2.36. The Bertz CT molecular complexity index is 1290. The molecule has 172 valence electrons. The summed E-state index contributed by atoms with van der Waals surface area (Å²) in [6, 6.07) is 18.0. The molecule has 1 saturated heterocycles. The fourth-order valence-corrected chi connectivity index (χ4v) is 4.89. The number of hydrogen-bond acceptors (Lipinski definition) is 6. The molecule has 0 aliphatic carbocycles. The quantitative estimate of drug-likeness (QED) is 0.309. The van der Waals surface area contributed by atoms with Crippen molar-refractivity contribution in [3.63, 3.8) is 0 Å². The van der Waals surface area contributed by atoms with E-state index < -0.39 is 16.1 Å². The summed E-state index contributed by atoms with van der Waals surface area (Å²) in [6.07, 6.45) is 0.114. The first-order chi connectivity index (χ1) is 16.2. The van der Waals surface area contributed by atoms with E-state index in [4.69, 9.17) is 0 Å². The summed E-state index contributed by atoms with van der Waals surface area (Å²) in [5.41, 5.74) is 2.92. The van der Waals surface area contributed by atoms with Gasteiger partial charge in [-0.25, -0.2) is 4.90 Å². The van der Waals surface area contributed by atoms with Crippen molar-refractivity contribution in [2.24, 2.45) is 0 Å². The van der Waals surface area contributed by atoms with Gasteiger partial charge in [0.1, 0.15) is 0 Å². The highest BCUT2D eigenvalue weighted by molar-refractivity contribution is 8.00. The minimum absolute atomic E-state index is 0.114. The number of carbonyl (C=O) groups is 3. The molecule has 1 aliphatic heterocycles. The summed E-state index contributed by atoms with van der Waals surface area (Å²) in [5.74, 6) is -0.930. The third-order valence-corrected chi connectivity index (χ3v) is 6.68. The van der Waals surface area contributed by atoms with Crippen LogP contribution in [0.25, 0.3) is 0 Å². The number of nitrogens with zero attached hydrogens (tertiary/aromatic N) is 2. The summed E-state index contributed by atoms with van der Waals surface area (Å²) < 4.78 is 0. The Kier molecular flexibility index (Phi) is 6.47. The van der Waals surface area contributed by atoms with Crippen LogP contribution in [-0.4, -0.2) is 27.9 Å². The molecular weight excluding hydrogens is 454 g/mol. The lowest BCUT2D eigenvalue weighted by Crippen LogP contribution is -2.32. The number of nitro benzene ring substituents is 1. The average molecular weight is 476 g/mol. The van der Waals surface area contributed by atoms with Gasteiger partial charge in [0.15, 0.2) is 0 Å². The Morgan fingerprint density at radius 1 is 1.03 bits per heavy atom. The number of anilines is 2. The number of imide groups is 1. The number of carbonyl (C=O) groups excluding carboxylic acids is 3. The molecule has 0 saturated carbocycles. The van der Waals surface area contributed by atoms with Crippen LogP contribution in [0.5, 0.6) is 0 Å². The number of aryl methyl sites for hydroxylation is 2. The van der Waals surface area contributed by atoms with Crippen molar-refractivity contribution >= 4 is 46.5 Å². The second-order valence-electron chi connectivity index (χ2n) is 7.90. The number of benzene rings is 3. The lowest BCUT2D eigenvalue weighted by Gasteiger charge is -2.19. The first-order valence-corrected chi connectivity index (χ1v) is 11.4. The van der Waals surface area contributed by atoms with Gasteiger partial charge in [-0.15, -0.1) is 11.8 Å². The number of non-ortho nitro benzene ring substituents is 1. The van der Waals surface area contributed by atoms with Crippen LogP contribution in [0.3, 0.4) is 0 Å². The number of thioether (sulfide) groups is 1. The average Bonchev–Trinajstić information content (AvgIpc) is 3.08. The molecule has 34 heavy (non-hydrogen) atoms. The van der Waals surface area contributed by atoms with Crippen LogP contribution in [0.4, 0.5) is 17.1 Å². The van der Waals surface area contributed by atoms with Crippen molar-refractivity contribution in [3.05, 3.63) is 93.5 Å². The van der Waals surface area contributed by atoms with Crippen molar-refractivity contribution in [2.45, 2.75) is 30.4 Å². The predicted molar refractivity (Wildman–Crippen MR) is 130 cm³/mol. The van der Waals surface area contributed by atoms with Gasteiger partial charge in [0, 0.05) is 34.7 Å². The molecule has 0 radical (unpaired) electrons. The number of nitro groups is 1. The zero-order valence-corrected chi connectivity index (χ0v) is 19.3. The van der Waals surface area contributed by atoms with E-state index in [1.165, 1.54) is 40.9 Å². The highest BCUT2D eigenvalue weighted by Gasteiger charge is 2.41. The van der Waals surface area contributed by atoms with Crippen LogP contribution < -0.4 is 10.2 Å². The van der Waals surface area contributed by atoms with Crippen LogP contribution in [-0.2, 0) is 9.59 Å². The molecule has 3 aromatic rings. The Morgan fingerprint density at radius 3 is 2.32 bits per heavy atom. The molecule has 9 heteroatoms. The predicted octanol–water partition coefficient (Wildman–Crippen LogP) is 4.89. The molecule has 1 unspecified atom stereocenters. The molecule has 0 spiro atoms. The van der Waals surface area contributed by atoms with Gasteiger partial charge in [-0.3, -0.25) is 24.5 Å². The van der Waals surface area contributed by atoms with Gasteiger partial charge >= 0.3 is 0 Å². The molecule has 8 nitrogen and oxygen atoms in total. The lowest BCUT2D eigenvalue weighted by atomic mass is 10.1. The van der Waals surface area contributed by atoms with Gasteiger partial charge in [0.05, 0.1) is 15.9 Å². The van der Waals surface area contributed by atoms with Gasteiger partial charge in [0.25, 0.3) is 11.6 Å². The molecule has 1 N–H and O–H groups in total. The molecule has 3 aromatic carbocycles. The van der Waals surface area contributed by atoms with E-state index in [9.17, 15) is 24.5 Å².